The van der Waals surface area contributed by atoms with Crippen LogP contribution in [0.5, 0.6) is 0 Å². The van der Waals surface area contributed by atoms with Crippen molar-refractivity contribution in [1.82, 2.24) is 0 Å². The van der Waals surface area contributed by atoms with Crippen molar-refractivity contribution < 1.29 is 5.11 Å². The van der Waals surface area contributed by atoms with E-state index in [9.17, 15) is 5.11 Å². The lowest BCUT2D eigenvalue weighted by Gasteiger charge is -2.19. The molecule has 78 valence electrons. The van der Waals surface area contributed by atoms with Gasteiger partial charge in [-0.25, -0.2) is 0 Å². The van der Waals surface area contributed by atoms with Crippen LogP contribution in [0.4, 0.5) is 5.69 Å². The maximum atomic E-state index is 9.50. The predicted molar refractivity (Wildman–Crippen MR) is 61.2 cm³/mol. The molecule has 0 saturated heterocycles. The van der Waals surface area contributed by atoms with Crippen LogP contribution in [0.2, 0.25) is 10.0 Å². The van der Waals surface area contributed by atoms with Crippen molar-refractivity contribution in [2.45, 2.75) is 19.4 Å². The van der Waals surface area contributed by atoms with Crippen molar-refractivity contribution in [1.29, 1.82) is 0 Å². The molecule has 1 aromatic rings. The zero-order valence-electron chi connectivity index (χ0n) is 8.14. The quantitative estimate of drug-likeness (QED) is 0.841. The second-order valence-electron chi connectivity index (χ2n) is 3.77. The van der Waals surface area contributed by atoms with Gasteiger partial charge in [0, 0.05) is 6.54 Å². The second-order valence-corrected chi connectivity index (χ2v) is 4.55. The Kier molecular flexibility index (Phi) is 3.65. The molecule has 1 aromatic carbocycles. The van der Waals surface area contributed by atoms with Gasteiger partial charge in [-0.05, 0) is 26.0 Å². The van der Waals surface area contributed by atoms with Gasteiger partial charge in [-0.2, -0.15) is 0 Å². The monoisotopic (exact) mass is 233 g/mol. The first-order valence-electron chi connectivity index (χ1n) is 4.30. The molecule has 0 fully saturated rings. The average Bonchev–Trinajstić information content (AvgIpc) is 2.06. The lowest BCUT2D eigenvalue weighted by Crippen LogP contribution is -2.29. The summed E-state index contributed by atoms with van der Waals surface area (Å²) in [7, 11) is 0. The lowest BCUT2D eigenvalue weighted by molar-refractivity contribution is 0.0945. The van der Waals surface area contributed by atoms with Crippen LogP contribution < -0.4 is 5.32 Å². The van der Waals surface area contributed by atoms with E-state index in [0.717, 1.165) is 5.69 Å². The van der Waals surface area contributed by atoms with E-state index in [1.165, 1.54) is 0 Å². The zero-order valence-corrected chi connectivity index (χ0v) is 9.65. The highest BCUT2D eigenvalue weighted by Crippen LogP contribution is 2.29. The summed E-state index contributed by atoms with van der Waals surface area (Å²) < 4.78 is 0. The summed E-state index contributed by atoms with van der Waals surface area (Å²) in [5.41, 5.74) is -0.0349. The molecule has 0 spiro atoms. The molecule has 0 aliphatic heterocycles. The Hall–Kier alpha value is -0.440. The van der Waals surface area contributed by atoms with E-state index in [2.05, 4.69) is 5.32 Å². The van der Waals surface area contributed by atoms with Gasteiger partial charge in [0.15, 0.2) is 0 Å². The number of hydrogen-bond acceptors (Lipinski definition) is 2. The average molecular weight is 234 g/mol. The number of halogens is 2. The summed E-state index contributed by atoms with van der Waals surface area (Å²) >= 11 is 11.8. The Morgan fingerprint density at radius 1 is 1.36 bits per heavy atom. The van der Waals surface area contributed by atoms with Crippen molar-refractivity contribution in [2.75, 3.05) is 11.9 Å². The molecule has 0 aliphatic rings. The molecular weight excluding hydrogens is 221 g/mol. The van der Waals surface area contributed by atoms with Crippen molar-refractivity contribution in [3.8, 4) is 0 Å². The molecule has 0 radical (unpaired) electrons. The molecule has 0 saturated carbocycles. The fraction of sp³-hybridized carbons (Fsp3) is 0.400. The molecule has 14 heavy (non-hydrogen) atoms. The Balaban J connectivity index is 2.73. The van der Waals surface area contributed by atoms with E-state index in [1.807, 2.05) is 6.07 Å². The molecule has 0 unspecified atom stereocenters. The number of anilines is 1. The molecule has 0 aromatic heterocycles. The predicted octanol–water partition coefficient (Wildman–Crippen LogP) is 3.18. The number of hydrogen-bond donors (Lipinski definition) is 2. The van der Waals surface area contributed by atoms with Crippen molar-refractivity contribution in [3.05, 3.63) is 28.2 Å². The Bertz CT molecular complexity index is 320. The van der Waals surface area contributed by atoms with E-state index in [-0.39, 0.29) is 0 Å². The molecule has 4 heteroatoms. The maximum absolute atomic E-state index is 9.50. The third-order valence-corrected chi connectivity index (χ3v) is 2.48. The largest absolute Gasteiger partial charge is 0.389 e. The van der Waals surface area contributed by atoms with Gasteiger partial charge in [-0.15, -0.1) is 0 Å². The molecule has 0 bridgehead atoms. The third-order valence-electron chi connectivity index (χ3n) is 1.66. The van der Waals surface area contributed by atoms with Crippen LogP contribution >= 0.6 is 23.2 Å². The molecule has 1 rings (SSSR count). The molecule has 2 N–H and O–H groups in total. The summed E-state index contributed by atoms with van der Waals surface area (Å²) in [6.07, 6.45) is 0. The van der Waals surface area contributed by atoms with Gasteiger partial charge in [0.1, 0.15) is 0 Å². The Morgan fingerprint density at radius 3 is 2.57 bits per heavy atom. The second kappa shape index (κ2) is 4.39. The van der Waals surface area contributed by atoms with Crippen LogP contribution in [0.1, 0.15) is 13.8 Å². The molecule has 0 amide bonds. The number of rotatable bonds is 3. The maximum Gasteiger partial charge on any atom is 0.0823 e. The molecule has 0 atom stereocenters. The summed E-state index contributed by atoms with van der Waals surface area (Å²) in [4.78, 5) is 0. The number of benzene rings is 1. The fourth-order valence-corrected chi connectivity index (χ4v) is 1.32. The van der Waals surface area contributed by atoms with Crippen LogP contribution in [0, 0.1) is 0 Å². The molecular formula is C10H13Cl2NO. The van der Waals surface area contributed by atoms with Crippen molar-refractivity contribution in [3.63, 3.8) is 0 Å². The highest BCUT2D eigenvalue weighted by Gasteiger charge is 2.13. The van der Waals surface area contributed by atoms with E-state index < -0.39 is 5.60 Å². The van der Waals surface area contributed by atoms with Crippen LogP contribution in [0.15, 0.2) is 18.2 Å². The first kappa shape index (κ1) is 11.6. The highest BCUT2D eigenvalue weighted by atomic mass is 35.5. The minimum absolute atomic E-state index is 0.424. The van der Waals surface area contributed by atoms with Gasteiger partial charge < -0.3 is 10.4 Å². The van der Waals surface area contributed by atoms with Crippen molar-refractivity contribution in [2.24, 2.45) is 0 Å². The zero-order chi connectivity index (χ0) is 10.8. The molecule has 0 aliphatic carbocycles. The van der Waals surface area contributed by atoms with Crippen LogP contribution in [0.3, 0.4) is 0 Å². The van der Waals surface area contributed by atoms with E-state index in [0.29, 0.717) is 16.6 Å². The minimum atomic E-state index is -0.772. The van der Waals surface area contributed by atoms with Gasteiger partial charge in [-0.3, -0.25) is 0 Å². The minimum Gasteiger partial charge on any atom is -0.389 e. The van der Waals surface area contributed by atoms with E-state index in [1.54, 1.807) is 26.0 Å². The third kappa shape index (κ3) is 3.37. The summed E-state index contributed by atoms with van der Waals surface area (Å²) in [6, 6.07) is 5.35. The summed E-state index contributed by atoms with van der Waals surface area (Å²) in [6.45, 7) is 3.87. The van der Waals surface area contributed by atoms with Crippen LogP contribution in [-0.4, -0.2) is 17.3 Å². The van der Waals surface area contributed by atoms with Crippen LogP contribution in [-0.2, 0) is 0 Å². The van der Waals surface area contributed by atoms with E-state index >= 15 is 0 Å². The smallest absolute Gasteiger partial charge is 0.0823 e. The molecule has 2 nitrogen and oxygen atoms in total. The van der Waals surface area contributed by atoms with Crippen LogP contribution in [0.25, 0.3) is 0 Å². The topological polar surface area (TPSA) is 32.3 Å². The Labute approximate surface area is 93.8 Å². The van der Waals surface area contributed by atoms with Crippen molar-refractivity contribution >= 4 is 28.9 Å². The fourth-order valence-electron chi connectivity index (χ4n) is 0.952. The highest BCUT2D eigenvalue weighted by molar-refractivity contribution is 6.43. The van der Waals surface area contributed by atoms with Gasteiger partial charge in [0.2, 0.25) is 0 Å². The SMILES string of the molecule is CC(C)(O)CNc1cccc(Cl)c1Cl. The first-order valence-corrected chi connectivity index (χ1v) is 5.06. The number of nitrogens with one attached hydrogen (secondary N) is 1. The summed E-state index contributed by atoms with van der Waals surface area (Å²) in [5, 5.41) is 13.5. The van der Waals surface area contributed by atoms with Gasteiger partial charge in [0.05, 0.1) is 21.3 Å². The summed E-state index contributed by atoms with van der Waals surface area (Å²) in [5.74, 6) is 0. The first-order chi connectivity index (χ1) is 6.40. The Morgan fingerprint density at radius 2 is 2.00 bits per heavy atom. The molecule has 0 heterocycles. The van der Waals surface area contributed by atoms with Gasteiger partial charge in [0.25, 0.3) is 0 Å². The van der Waals surface area contributed by atoms with Gasteiger partial charge in [-0.1, -0.05) is 29.3 Å². The van der Waals surface area contributed by atoms with E-state index in [4.69, 9.17) is 23.2 Å². The lowest BCUT2D eigenvalue weighted by atomic mass is 10.1. The number of aliphatic hydroxyl groups is 1. The normalized spacial score (nSPS) is 11.5. The van der Waals surface area contributed by atoms with Gasteiger partial charge >= 0.3 is 0 Å². The standard InChI is InChI=1S/C10H13Cl2NO/c1-10(2,14)6-13-8-5-3-4-7(11)9(8)12/h3-5,13-14H,6H2,1-2H3.